The Morgan fingerprint density at radius 2 is 2.10 bits per heavy atom. The predicted octanol–water partition coefficient (Wildman–Crippen LogP) is 3.20. The number of nitrogens with zero attached hydrogens (tertiary/aromatic N) is 3. The Morgan fingerprint density at radius 3 is 2.79 bits per heavy atom. The topological polar surface area (TPSA) is 65.9 Å². The molecule has 0 unspecified atom stereocenters. The summed E-state index contributed by atoms with van der Waals surface area (Å²) in [4.78, 5) is 21.4. The van der Waals surface area contributed by atoms with Crippen molar-refractivity contribution in [1.29, 1.82) is 0 Å². The molecular formula is C22H28BrN3O3. The molecule has 0 spiro atoms. The van der Waals surface area contributed by atoms with E-state index in [1.54, 1.807) is 17.2 Å². The molecular weight excluding hydrogens is 434 g/mol. The van der Waals surface area contributed by atoms with Crippen molar-refractivity contribution >= 4 is 21.8 Å². The Morgan fingerprint density at radius 1 is 1.38 bits per heavy atom. The van der Waals surface area contributed by atoms with E-state index >= 15 is 0 Å². The molecule has 2 heterocycles. The lowest BCUT2D eigenvalue weighted by molar-refractivity contribution is 0.0325. The summed E-state index contributed by atoms with van der Waals surface area (Å²) < 4.78 is 6.98. The number of aromatic nitrogens is 1. The molecule has 1 aromatic heterocycles. The molecule has 0 radical (unpaired) electrons. The molecule has 1 N–H and O–H groups in total. The fraction of sp³-hybridized carbons (Fsp3) is 0.455. The fourth-order valence-electron chi connectivity index (χ4n) is 3.56. The van der Waals surface area contributed by atoms with E-state index in [-0.39, 0.29) is 30.6 Å². The molecule has 0 saturated carbocycles. The Labute approximate surface area is 180 Å². The third kappa shape index (κ3) is 5.35. The highest BCUT2D eigenvalue weighted by Crippen LogP contribution is 2.28. The predicted molar refractivity (Wildman–Crippen MR) is 116 cm³/mol. The highest BCUT2D eigenvalue weighted by Gasteiger charge is 2.34. The highest BCUT2D eigenvalue weighted by molar-refractivity contribution is 9.10. The first-order valence-electron chi connectivity index (χ1n) is 9.85. The average molecular weight is 462 g/mol. The number of likely N-dealkylation sites (N-methyl/N-ethyl adjacent to an activating group) is 1. The second-order valence-electron chi connectivity index (χ2n) is 7.81. The van der Waals surface area contributed by atoms with E-state index < -0.39 is 0 Å². The van der Waals surface area contributed by atoms with Gasteiger partial charge in [0.2, 0.25) is 5.88 Å². The van der Waals surface area contributed by atoms with Crippen LogP contribution < -0.4 is 4.74 Å². The van der Waals surface area contributed by atoms with Gasteiger partial charge in [0.1, 0.15) is 11.7 Å². The molecule has 29 heavy (non-hydrogen) atoms. The lowest BCUT2D eigenvalue weighted by Gasteiger charge is -2.37. The van der Waals surface area contributed by atoms with E-state index in [1.807, 2.05) is 25.1 Å². The van der Waals surface area contributed by atoms with Crippen LogP contribution in [0.3, 0.4) is 0 Å². The van der Waals surface area contributed by atoms with E-state index in [0.717, 1.165) is 11.0 Å². The molecule has 6 nitrogen and oxygen atoms in total. The van der Waals surface area contributed by atoms with Crippen molar-refractivity contribution in [2.45, 2.75) is 32.5 Å². The first-order valence-corrected chi connectivity index (χ1v) is 10.6. The minimum Gasteiger partial charge on any atom is -0.472 e. The van der Waals surface area contributed by atoms with E-state index in [9.17, 15) is 9.90 Å². The van der Waals surface area contributed by atoms with E-state index in [1.165, 1.54) is 5.56 Å². The number of ether oxygens (including phenoxy) is 1. The Kier molecular flexibility index (Phi) is 7.27. The number of carbonyl (C=O) groups excluding carboxylic acids is 1. The molecule has 3 atom stereocenters. The summed E-state index contributed by atoms with van der Waals surface area (Å²) in [5, 5.41) is 9.67. The highest BCUT2D eigenvalue weighted by atomic mass is 79.9. The molecule has 1 aliphatic rings. The molecule has 0 aliphatic carbocycles. The van der Waals surface area contributed by atoms with Gasteiger partial charge in [-0.2, -0.15) is 0 Å². The number of hydrogen-bond acceptors (Lipinski definition) is 5. The van der Waals surface area contributed by atoms with Crippen LogP contribution in [0.15, 0.2) is 47.1 Å². The summed E-state index contributed by atoms with van der Waals surface area (Å²) in [5.41, 5.74) is 1.66. The van der Waals surface area contributed by atoms with Crippen LogP contribution in [0.5, 0.6) is 5.88 Å². The minimum absolute atomic E-state index is 0.0739. The Hall–Kier alpha value is -1.96. The van der Waals surface area contributed by atoms with E-state index in [0.29, 0.717) is 24.5 Å². The van der Waals surface area contributed by atoms with E-state index in [2.05, 4.69) is 51.9 Å². The molecule has 2 aromatic rings. The van der Waals surface area contributed by atoms with Gasteiger partial charge in [-0.3, -0.25) is 9.69 Å². The van der Waals surface area contributed by atoms with Gasteiger partial charge in [0.15, 0.2) is 0 Å². The smallest absolute Gasteiger partial charge is 0.259 e. The maximum Gasteiger partial charge on any atom is 0.259 e. The molecule has 156 valence electrons. The molecule has 0 saturated heterocycles. The van der Waals surface area contributed by atoms with Crippen LogP contribution in [0.4, 0.5) is 0 Å². The summed E-state index contributed by atoms with van der Waals surface area (Å²) >= 11 is 3.39. The molecule has 7 heteroatoms. The van der Waals surface area contributed by atoms with Crippen LogP contribution in [0.25, 0.3) is 0 Å². The third-order valence-corrected chi connectivity index (χ3v) is 5.71. The number of carbonyl (C=O) groups is 1. The maximum atomic E-state index is 13.1. The molecule has 0 bridgehead atoms. The van der Waals surface area contributed by atoms with Gasteiger partial charge in [-0.15, -0.1) is 0 Å². The second kappa shape index (κ2) is 9.69. The number of aliphatic hydroxyl groups excluding tert-OH is 1. The zero-order valence-corrected chi connectivity index (χ0v) is 18.7. The number of fused-ring (bicyclic) bond motifs is 1. The van der Waals surface area contributed by atoms with Crippen molar-refractivity contribution in [3.05, 3.63) is 58.2 Å². The monoisotopic (exact) mass is 461 g/mol. The molecule has 1 amide bonds. The number of halogens is 1. The van der Waals surface area contributed by atoms with Crippen molar-refractivity contribution in [3.8, 4) is 5.88 Å². The molecule has 1 aromatic carbocycles. The van der Waals surface area contributed by atoms with Crippen LogP contribution in [0, 0.1) is 5.92 Å². The SMILES string of the molecule is C[C@@H]1CN([C@@H](C)CO)C(=O)c2cc(Br)cnc2O[C@H]1CN(C)Cc1ccccc1. The second-order valence-corrected chi connectivity index (χ2v) is 8.73. The number of hydrogen-bond donors (Lipinski definition) is 1. The van der Waals surface area contributed by atoms with Crippen LogP contribution in [0.2, 0.25) is 0 Å². The van der Waals surface area contributed by atoms with E-state index in [4.69, 9.17) is 4.74 Å². The number of amides is 1. The number of rotatable bonds is 6. The zero-order chi connectivity index (χ0) is 21.0. The van der Waals surface area contributed by atoms with Crippen LogP contribution in [0.1, 0.15) is 29.8 Å². The summed E-state index contributed by atoms with van der Waals surface area (Å²) in [7, 11) is 2.07. The van der Waals surface area contributed by atoms with Crippen molar-refractivity contribution < 1.29 is 14.6 Å². The normalized spacial score (nSPS) is 20.6. The van der Waals surface area contributed by atoms with Gasteiger partial charge >= 0.3 is 0 Å². The van der Waals surface area contributed by atoms with Gasteiger partial charge in [0, 0.05) is 36.2 Å². The van der Waals surface area contributed by atoms with Gasteiger partial charge in [-0.25, -0.2) is 4.98 Å². The number of pyridine rings is 1. The first kappa shape index (κ1) is 21.7. The summed E-state index contributed by atoms with van der Waals surface area (Å²) in [6, 6.07) is 11.8. The zero-order valence-electron chi connectivity index (χ0n) is 17.1. The molecule has 3 rings (SSSR count). The van der Waals surface area contributed by atoms with Gasteiger partial charge < -0.3 is 14.7 Å². The van der Waals surface area contributed by atoms with Crippen molar-refractivity contribution in [2.24, 2.45) is 5.92 Å². The molecule has 0 fully saturated rings. The van der Waals surface area contributed by atoms with Gasteiger partial charge in [0.05, 0.1) is 12.6 Å². The van der Waals surface area contributed by atoms with Crippen LogP contribution >= 0.6 is 15.9 Å². The lowest BCUT2D eigenvalue weighted by Crippen LogP contribution is -2.49. The maximum absolute atomic E-state index is 13.1. The van der Waals surface area contributed by atoms with Crippen molar-refractivity contribution in [3.63, 3.8) is 0 Å². The largest absolute Gasteiger partial charge is 0.472 e. The Balaban J connectivity index is 1.85. The standard InChI is InChI=1S/C22H28BrN3O3/c1-15-11-26(16(2)14-27)22(28)19-9-18(23)10-24-21(19)29-20(15)13-25(3)12-17-7-5-4-6-8-17/h4-10,15-16,20,27H,11-14H2,1-3H3/t15-,16+,20+/m1/s1. The van der Waals surface area contributed by atoms with Gasteiger partial charge in [-0.05, 0) is 41.5 Å². The fourth-order valence-corrected chi connectivity index (χ4v) is 3.89. The average Bonchev–Trinajstić information content (AvgIpc) is 2.71. The number of benzene rings is 1. The van der Waals surface area contributed by atoms with Gasteiger partial charge in [0.25, 0.3) is 5.91 Å². The van der Waals surface area contributed by atoms with Crippen LogP contribution in [-0.2, 0) is 6.54 Å². The minimum atomic E-state index is -0.280. The first-order chi connectivity index (χ1) is 13.9. The van der Waals surface area contributed by atoms with Crippen molar-refractivity contribution in [1.82, 2.24) is 14.8 Å². The van der Waals surface area contributed by atoms with Crippen LogP contribution in [-0.4, -0.2) is 64.7 Å². The summed E-state index contributed by atoms with van der Waals surface area (Å²) in [6.45, 7) is 5.86. The number of aliphatic hydroxyl groups is 1. The Bertz CT molecular complexity index is 833. The van der Waals surface area contributed by atoms with Crippen molar-refractivity contribution in [2.75, 3.05) is 26.7 Å². The molecule has 1 aliphatic heterocycles. The lowest BCUT2D eigenvalue weighted by atomic mass is 10.00. The third-order valence-electron chi connectivity index (χ3n) is 5.27. The quantitative estimate of drug-likeness (QED) is 0.715. The van der Waals surface area contributed by atoms with Gasteiger partial charge in [-0.1, -0.05) is 37.3 Å². The summed E-state index contributed by atoms with van der Waals surface area (Å²) in [6.07, 6.45) is 1.50. The summed E-state index contributed by atoms with van der Waals surface area (Å²) in [5.74, 6) is 0.251.